The predicted molar refractivity (Wildman–Crippen MR) is 101 cm³/mol. The zero-order valence-corrected chi connectivity index (χ0v) is 15.5. The Balaban J connectivity index is 1.62. The van der Waals surface area contributed by atoms with Gasteiger partial charge >= 0.3 is 0 Å². The van der Waals surface area contributed by atoms with Gasteiger partial charge in [0.15, 0.2) is 4.34 Å². The fourth-order valence-corrected chi connectivity index (χ4v) is 4.05. The quantitative estimate of drug-likeness (QED) is 0.602. The highest BCUT2D eigenvalue weighted by molar-refractivity contribution is 8.01. The van der Waals surface area contributed by atoms with E-state index in [1.54, 1.807) is 18.2 Å². The minimum Gasteiger partial charge on any atom is -0.387 e. The van der Waals surface area contributed by atoms with Gasteiger partial charge in [0.25, 0.3) is 0 Å². The van der Waals surface area contributed by atoms with E-state index in [-0.39, 0.29) is 0 Å². The van der Waals surface area contributed by atoms with E-state index < -0.39 is 11.9 Å². The van der Waals surface area contributed by atoms with Gasteiger partial charge in [0.2, 0.25) is 5.13 Å². The molecular formula is C18H18FN3OS2. The van der Waals surface area contributed by atoms with Gasteiger partial charge in [0.05, 0.1) is 6.10 Å². The highest BCUT2D eigenvalue weighted by Gasteiger charge is 2.14. The lowest BCUT2D eigenvalue weighted by Gasteiger charge is -2.10. The normalized spacial score (nSPS) is 12.2. The fraction of sp³-hybridized carbons (Fsp3) is 0.222. The fourth-order valence-electron chi connectivity index (χ4n) is 2.31. The molecule has 0 unspecified atom stereocenters. The second-order valence-corrected chi connectivity index (χ2v) is 7.84. The number of aromatic nitrogens is 2. The van der Waals surface area contributed by atoms with E-state index in [9.17, 15) is 9.50 Å². The number of aliphatic hydroxyl groups excluding tert-OH is 1. The molecule has 1 aromatic heterocycles. The van der Waals surface area contributed by atoms with Gasteiger partial charge in [0, 0.05) is 17.0 Å². The van der Waals surface area contributed by atoms with Gasteiger partial charge in [-0.1, -0.05) is 53.4 Å². The van der Waals surface area contributed by atoms with E-state index in [1.165, 1.54) is 40.3 Å². The maximum absolute atomic E-state index is 13.7. The molecule has 0 aliphatic heterocycles. The number of anilines is 2. The number of rotatable bonds is 6. The highest BCUT2D eigenvalue weighted by Crippen LogP contribution is 2.32. The Labute approximate surface area is 154 Å². The van der Waals surface area contributed by atoms with Gasteiger partial charge in [-0.25, -0.2) is 4.39 Å². The summed E-state index contributed by atoms with van der Waals surface area (Å²) in [6, 6.07) is 12.3. The molecule has 0 saturated carbocycles. The number of thioether (sulfide) groups is 1. The highest BCUT2D eigenvalue weighted by atomic mass is 32.2. The average Bonchev–Trinajstić information content (AvgIpc) is 3.05. The SMILES string of the molecule is Cc1cccc(Nc2nnc(SC[C@H](O)c3ccccc3F)s2)c1C. The Morgan fingerprint density at radius 3 is 2.76 bits per heavy atom. The van der Waals surface area contributed by atoms with Crippen LogP contribution in [0, 0.1) is 19.7 Å². The van der Waals surface area contributed by atoms with Crippen LogP contribution in [0.25, 0.3) is 0 Å². The smallest absolute Gasteiger partial charge is 0.210 e. The lowest BCUT2D eigenvalue weighted by Crippen LogP contribution is -2.03. The summed E-state index contributed by atoms with van der Waals surface area (Å²) >= 11 is 2.77. The standard InChI is InChI=1S/C18H18FN3OS2/c1-11-6-5-9-15(12(11)2)20-17-21-22-18(25-17)24-10-16(23)13-7-3-4-8-14(13)19/h3-9,16,23H,10H2,1-2H3,(H,20,21)/t16-/m0/s1. The molecule has 4 nitrogen and oxygen atoms in total. The van der Waals surface area contributed by atoms with Gasteiger partial charge in [-0.15, -0.1) is 10.2 Å². The largest absolute Gasteiger partial charge is 0.387 e. The third kappa shape index (κ3) is 4.36. The molecule has 3 aromatic rings. The molecule has 0 saturated heterocycles. The number of aryl methyl sites for hydroxylation is 1. The summed E-state index contributed by atoms with van der Waals surface area (Å²) < 4.78 is 14.4. The van der Waals surface area contributed by atoms with Crippen LogP contribution in [0.4, 0.5) is 15.2 Å². The molecule has 0 aliphatic rings. The topological polar surface area (TPSA) is 58.0 Å². The summed E-state index contributed by atoms with van der Waals surface area (Å²) in [6.45, 7) is 4.12. The third-order valence-corrected chi connectivity index (χ3v) is 5.93. The van der Waals surface area contributed by atoms with Gasteiger partial charge in [-0.3, -0.25) is 0 Å². The number of hydrogen-bond acceptors (Lipinski definition) is 6. The van der Waals surface area contributed by atoms with Gasteiger partial charge in [0.1, 0.15) is 5.82 Å². The maximum Gasteiger partial charge on any atom is 0.210 e. The molecule has 0 spiro atoms. The Morgan fingerprint density at radius 2 is 1.96 bits per heavy atom. The summed E-state index contributed by atoms with van der Waals surface area (Å²) in [4.78, 5) is 0. The van der Waals surface area contributed by atoms with Crippen molar-refractivity contribution in [2.75, 3.05) is 11.1 Å². The van der Waals surface area contributed by atoms with Crippen molar-refractivity contribution in [3.63, 3.8) is 0 Å². The van der Waals surface area contributed by atoms with Crippen molar-refractivity contribution >= 4 is 33.9 Å². The summed E-state index contributed by atoms with van der Waals surface area (Å²) in [7, 11) is 0. The number of nitrogens with one attached hydrogen (secondary N) is 1. The van der Waals surface area contributed by atoms with Crippen LogP contribution in [-0.4, -0.2) is 21.1 Å². The van der Waals surface area contributed by atoms with Crippen molar-refractivity contribution < 1.29 is 9.50 Å². The minimum atomic E-state index is -0.884. The van der Waals surface area contributed by atoms with E-state index in [2.05, 4.69) is 35.4 Å². The first-order valence-corrected chi connectivity index (χ1v) is 9.57. The summed E-state index contributed by atoms with van der Waals surface area (Å²) in [5.74, 6) is -0.0795. The van der Waals surface area contributed by atoms with Gasteiger partial charge in [-0.05, 0) is 37.1 Å². The monoisotopic (exact) mass is 375 g/mol. The summed E-state index contributed by atoms with van der Waals surface area (Å²) in [6.07, 6.45) is -0.884. The molecular weight excluding hydrogens is 357 g/mol. The molecule has 0 aliphatic carbocycles. The molecule has 1 heterocycles. The van der Waals surface area contributed by atoms with E-state index in [4.69, 9.17) is 0 Å². The molecule has 0 amide bonds. The zero-order valence-electron chi connectivity index (χ0n) is 13.9. The van der Waals surface area contributed by atoms with Crippen molar-refractivity contribution in [1.29, 1.82) is 0 Å². The molecule has 3 rings (SSSR count). The van der Waals surface area contributed by atoms with Crippen LogP contribution >= 0.6 is 23.1 Å². The van der Waals surface area contributed by atoms with E-state index in [0.29, 0.717) is 16.4 Å². The Morgan fingerprint density at radius 1 is 1.16 bits per heavy atom. The molecule has 7 heteroatoms. The van der Waals surface area contributed by atoms with E-state index in [0.717, 1.165) is 10.0 Å². The maximum atomic E-state index is 13.7. The molecule has 1 atom stereocenters. The molecule has 25 heavy (non-hydrogen) atoms. The lowest BCUT2D eigenvalue weighted by atomic mass is 10.1. The van der Waals surface area contributed by atoms with Crippen LogP contribution in [-0.2, 0) is 0 Å². The lowest BCUT2D eigenvalue weighted by molar-refractivity contribution is 0.199. The molecule has 2 aromatic carbocycles. The van der Waals surface area contributed by atoms with Crippen molar-refractivity contribution in [2.24, 2.45) is 0 Å². The van der Waals surface area contributed by atoms with Crippen molar-refractivity contribution in [1.82, 2.24) is 10.2 Å². The second kappa shape index (κ2) is 7.95. The van der Waals surface area contributed by atoms with Crippen LogP contribution in [0.1, 0.15) is 22.8 Å². The Kier molecular flexibility index (Phi) is 5.67. The molecule has 0 radical (unpaired) electrons. The van der Waals surface area contributed by atoms with E-state index in [1.807, 2.05) is 12.1 Å². The van der Waals surface area contributed by atoms with Crippen molar-refractivity contribution in [2.45, 2.75) is 24.3 Å². The minimum absolute atomic E-state index is 0.299. The number of benzene rings is 2. The first-order chi connectivity index (χ1) is 12.0. The molecule has 130 valence electrons. The van der Waals surface area contributed by atoms with Crippen molar-refractivity contribution in [3.05, 3.63) is 65.0 Å². The first-order valence-electron chi connectivity index (χ1n) is 7.76. The van der Waals surface area contributed by atoms with Crippen LogP contribution in [0.15, 0.2) is 46.8 Å². The van der Waals surface area contributed by atoms with Crippen LogP contribution in [0.2, 0.25) is 0 Å². The summed E-state index contributed by atoms with van der Waals surface area (Å²) in [5, 5.41) is 22.4. The Hall–Kier alpha value is -1.96. The zero-order chi connectivity index (χ0) is 17.8. The number of halogens is 1. The van der Waals surface area contributed by atoms with Crippen LogP contribution < -0.4 is 5.32 Å². The second-order valence-electron chi connectivity index (χ2n) is 5.59. The van der Waals surface area contributed by atoms with Gasteiger partial charge in [-0.2, -0.15) is 0 Å². The van der Waals surface area contributed by atoms with Crippen molar-refractivity contribution in [3.8, 4) is 0 Å². The number of hydrogen-bond donors (Lipinski definition) is 2. The number of nitrogens with zero attached hydrogens (tertiary/aromatic N) is 2. The third-order valence-electron chi connectivity index (χ3n) is 3.88. The van der Waals surface area contributed by atoms with Gasteiger partial charge < -0.3 is 10.4 Å². The van der Waals surface area contributed by atoms with Crippen LogP contribution in [0.3, 0.4) is 0 Å². The molecule has 2 N–H and O–H groups in total. The Bertz CT molecular complexity index is 869. The molecule has 0 bridgehead atoms. The predicted octanol–water partition coefficient (Wildman–Crippen LogP) is 4.86. The number of aliphatic hydroxyl groups is 1. The van der Waals surface area contributed by atoms with Crippen LogP contribution in [0.5, 0.6) is 0 Å². The summed E-state index contributed by atoms with van der Waals surface area (Å²) in [5.41, 5.74) is 3.67. The van der Waals surface area contributed by atoms with E-state index >= 15 is 0 Å². The molecule has 0 fully saturated rings. The average molecular weight is 375 g/mol. The first kappa shape index (κ1) is 17.8.